The van der Waals surface area contributed by atoms with E-state index in [-0.39, 0.29) is 11.3 Å². The number of benzene rings is 7. The number of fused-ring (bicyclic) bond motifs is 9. The third kappa shape index (κ3) is 4.21. The summed E-state index contributed by atoms with van der Waals surface area (Å²) in [4.78, 5) is 5.15. The molecule has 0 spiro atoms. The lowest BCUT2D eigenvalue weighted by Gasteiger charge is -2.23. The number of pyridine rings is 1. The van der Waals surface area contributed by atoms with Crippen molar-refractivity contribution in [3.8, 4) is 33.4 Å². The van der Waals surface area contributed by atoms with Gasteiger partial charge in [-0.15, -0.1) is 0 Å². The summed E-state index contributed by atoms with van der Waals surface area (Å²) in [6.45, 7) is 4.72. The molecule has 0 N–H and O–H groups in total. The number of furan rings is 1. The molecule has 0 fully saturated rings. The topological polar surface area (TPSA) is 26.0 Å². The van der Waals surface area contributed by atoms with Crippen molar-refractivity contribution in [1.82, 2.24) is 4.98 Å². The Labute approximate surface area is 302 Å². The highest BCUT2D eigenvalue weighted by atomic mass is 16.3. The van der Waals surface area contributed by atoms with E-state index in [1.165, 1.54) is 82.2 Å². The summed E-state index contributed by atoms with van der Waals surface area (Å²) in [6.07, 6.45) is 7.35. The predicted octanol–water partition coefficient (Wildman–Crippen LogP) is 13.3. The monoisotopic (exact) mass is 665 g/mol. The summed E-state index contributed by atoms with van der Waals surface area (Å²) >= 11 is 0. The molecule has 0 amide bonds. The molecule has 0 radical (unpaired) electrons. The third-order valence-electron chi connectivity index (χ3n) is 11.9. The van der Waals surface area contributed by atoms with E-state index >= 15 is 0 Å². The van der Waals surface area contributed by atoms with Gasteiger partial charge in [0.1, 0.15) is 11.3 Å². The van der Waals surface area contributed by atoms with Gasteiger partial charge in [0.15, 0.2) is 0 Å². The summed E-state index contributed by atoms with van der Waals surface area (Å²) in [6, 6.07) is 51.3. The molecule has 2 nitrogen and oxygen atoms in total. The molecule has 0 saturated heterocycles. The van der Waals surface area contributed by atoms with Crippen LogP contribution in [0.3, 0.4) is 0 Å². The van der Waals surface area contributed by atoms with Gasteiger partial charge >= 0.3 is 0 Å². The molecular formula is C50H35NO. The first-order valence-electron chi connectivity index (χ1n) is 18.3. The van der Waals surface area contributed by atoms with Crippen molar-refractivity contribution in [3.63, 3.8) is 0 Å². The van der Waals surface area contributed by atoms with Crippen LogP contribution >= 0.6 is 0 Å². The third-order valence-corrected chi connectivity index (χ3v) is 11.9. The zero-order valence-electron chi connectivity index (χ0n) is 29.2. The second-order valence-electron chi connectivity index (χ2n) is 15.1. The van der Waals surface area contributed by atoms with Crippen LogP contribution in [0.25, 0.3) is 82.7 Å². The molecule has 2 aliphatic rings. The number of rotatable bonds is 3. The summed E-state index contributed by atoms with van der Waals surface area (Å²) in [7, 11) is 0. The maximum absolute atomic E-state index is 6.32. The molecule has 9 aromatic rings. The maximum atomic E-state index is 6.32. The maximum Gasteiger partial charge on any atom is 0.135 e. The van der Waals surface area contributed by atoms with E-state index in [0.29, 0.717) is 0 Å². The fourth-order valence-electron chi connectivity index (χ4n) is 9.28. The van der Waals surface area contributed by atoms with Crippen LogP contribution in [0.15, 0.2) is 156 Å². The van der Waals surface area contributed by atoms with Gasteiger partial charge < -0.3 is 4.42 Å². The molecule has 2 aliphatic carbocycles. The Balaban J connectivity index is 1.01. The molecule has 2 heterocycles. The number of hydrogen-bond donors (Lipinski definition) is 0. The number of nitrogens with zero attached hydrogens (tertiary/aromatic N) is 1. The van der Waals surface area contributed by atoms with E-state index in [0.717, 1.165) is 29.0 Å². The number of allylic oxidation sites excluding steroid dienone is 1. The van der Waals surface area contributed by atoms with Crippen LogP contribution in [0.4, 0.5) is 0 Å². The van der Waals surface area contributed by atoms with Crippen molar-refractivity contribution in [1.29, 1.82) is 0 Å². The van der Waals surface area contributed by atoms with Crippen molar-refractivity contribution in [2.24, 2.45) is 0 Å². The molecule has 2 aromatic heterocycles. The molecular weight excluding hydrogens is 631 g/mol. The average Bonchev–Trinajstić information content (AvgIpc) is 3.66. The van der Waals surface area contributed by atoms with E-state index in [4.69, 9.17) is 9.40 Å². The first-order chi connectivity index (χ1) is 25.5. The fourth-order valence-corrected chi connectivity index (χ4v) is 9.28. The molecule has 2 heteroatoms. The van der Waals surface area contributed by atoms with E-state index in [1.807, 2.05) is 0 Å². The SMILES string of the molecule is CC1(C)c2ccccc2-c2ccc(-c3c4ccccc4c(-c4ccc(C5C=Cc6oc7cc8ccccc8cc7c6C5)nc4)c4ccccc34)cc21. The highest BCUT2D eigenvalue weighted by Gasteiger charge is 2.35. The van der Waals surface area contributed by atoms with E-state index in [2.05, 4.69) is 172 Å². The minimum absolute atomic E-state index is 0.0604. The second-order valence-corrected chi connectivity index (χ2v) is 15.1. The minimum Gasteiger partial charge on any atom is -0.456 e. The first-order valence-corrected chi connectivity index (χ1v) is 18.3. The van der Waals surface area contributed by atoms with Crippen LogP contribution in [0.1, 0.15) is 47.9 Å². The summed E-state index contributed by atoms with van der Waals surface area (Å²) in [5.74, 6) is 1.15. The van der Waals surface area contributed by atoms with Crippen LogP contribution < -0.4 is 0 Å². The lowest BCUT2D eigenvalue weighted by atomic mass is 9.80. The zero-order valence-corrected chi connectivity index (χ0v) is 29.2. The van der Waals surface area contributed by atoms with Gasteiger partial charge in [0.2, 0.25) is 0 Å². The first kappa shape index (κ1) is 29.5. The van der Waals surface area contributed by atoms with Crippen LogP contribution in [0, 0.1) is 0 Å². The lowest BCUT2D eigenvalue weighted by molar-refractivity contribution is 0.591. The Morgan fingerprint density at radius 2 is 1.19 bits per heavy atom. The standard InChI is InChI=1S/C50H35NO/c1-50(2)43-18-10-9-13-35(43)36-22-19-33(27-44(36)50)48-37-14-5-7-16-39(37)49(40-17-8-6-15-38(40)48)34-20-23-45(51-29-34)32-21-24-46-41(26-32)42-25-30-11-3-4-12-31(30)28-47(42)52-46/h3-25,27-29,32H,26H2,1-2H3. The molecule has 0 aliphatic heterocycles. The zero-order chi connectivity index (χ0) is 34.6. The Morgan fingerprint density at radius 3 is 1.90 bits per heavy atom. The Kier molecular flexibility index (Phi) is 6.16. The number of hydrogen-bond acceptors (Lipinski definition) is 2. The van der Waals surface area contributed by atoms with E-state index in [9.17, 15) is 0 Å². The Morgan fingerprint density at radius 1 is 0.577 bits per heavy atom. The molecule has 52 heavy (non-hydrogen) atoms. The van der Waals surface area contributed by atoms with Crippen molar-refractivity contribution in [2.75, 3.05) is 0 Å². The Bertz CT molecular complexity index is 2900. The van der Waals surface area contributed by atoms with E-state index in [1.54, 1.807) is 0 Å². The van der Waals surface area contributed by atoms with Gasteiger partial charge in [0.05, 0.1) is 0 Å². The molecule has 11 rings (SSSR count). The fraction of sp³-hybridized carbons (Fsp3) is 0.100. The molecule has 0 bridgehead atoms. The minimum atomic E-state index is -0.0604. The second kappa shape index (κ2) is 10.9. The van der Waals surface area contributed by atoms with Crippen LogP contribution in [0.5, 0.6) is 0 Å². The van der Waals surface area contributed by atoms with Gasteiger partial charge in [0.25, 0.3) is 0 Å². The summed E-state index contributed by atoms with van der Waals surface area (Å²) < 4.78 is 6.32. The smallest absolute Gasteiger partial charge is 0.135 e. The van der Waals surface area contributed by atoms with Crippen LogP contribution in [-0.4, -0.2) is 4.98 Å². The van der Waals surface area contributed by atoms with E-state index < -0.39 is 0 Å². The predicted molar refractivity (Wildman–Crippen MR) is 217 cm³/mol. The quantitative estimate of drug-likeness (QED) is 0.176. The van der Waals surface area contributed by atoms with Crippen molar-refractivity contribution < 1.29 is 4.42 Å². The molecule has 1 unspecified atom stereocenters. The lowest BCUT2D eigenvalue weighted by Crippen LogP contribution is -2.14. The van der Waals surface area contributed by atoms with Crippen molar-refractivity contribution >= 4 is 49.4 Å². The highest BCUT2D eigenvalue weighted by molar-refractivity contribution is 6.21. The van der Waals surface area contributed by atoms with Gasteiger partial charge in [-0.3, -0.25) is 4.98 Å². The average molecular weight is 666 g/mol. The Hall–Kier alpha value is -6.25. The van der Waals surface area contributed by atoms with Crippen LogP contribution in [0.2, 0.25) is 0 Å². The molecule has 246 valence electrons. The summed E-state index contributed by atoms with van der Waals surface area (Å²) in [5.41, 5.74) is 13.6. The molecule has 0 saturated carbocycles. The highest BCUT2D eigenvalue weighted by Crippen LogP contribution is 2.51. The largest absolute Gasteiger partial charge is 0.456 e. The molecule has 7 aromatic carbocycles. The van der Waals surface area contributed by atoms with Gasteiger partial charge in [-0.05, 0) is 108 Å². The van der Waals surface area contributed by atoms with Crippen molar-refractivity contribution in [2.45, 2.75) is 31.6 Å². The van der Waals surface area contributed by atoms with Gasteiger partial charge in [-0.1, -0.05) is 135 Å². The van der Waals surface area contributed by atoms with Gasteiger partial charge in [-0.2, -0.15) is 0 Å². The normalized spacial score (nSPS) is 15.7. The number of aromatic nitrogens is 1. The van der Waals surface area contributed by atoms with Gasteiger partial charge in [-0.25, -0.2) is 0 Å². The van der Waals surface area contributed by atoms with Gasteiger partial charge in [0, 0.05) is 39.7 Å². The van der Waals surface area contributed by atoms with Crippen molar-refractivity contribution in [3.05, 3.63) is 180 Å². The van der Waals surface area contributed by atoms with Crippen LogP contribution in [-0.2, 0) is 11.8 Å². The molecule has 1 atom stereocenters. The summed E-state index contributed by atoms with van der Waals surface area (Å²) in [5, 5.41) is 8.65.